The SMILES string of the molecule is CC(=O)Oc1cc2c(cc1C)CC[C@H]1C(C)(C)CCC[C@]21C. The van der Waals surface area contributed by atoms with Crippen LogP contribution >= 0.6 is 0 Å². The summed E-state index contributed by atoms with van der Waals surface area (Å²) in [5.74, 6) is 1.23. The minimum atomic E-state index is -0.232. The highest BCUT2D eigenvalue weighted by molar-refractivity contribution is 5.70. The number of carbonyl (C=O) groups is 1. The first-order chi connectivity index (χ1) is 10.2. The Morgan fingerprint density at radius 3 is 2.64 bits per heavy atom. The summed E-state index contributed by atoms with van der Waals surface area (Å²) >= 11 is 0. The lowest BCUT2D eigenvalue weighted by Gasteiger charge is -2.54. The van der Waals surface area contributed by atoms with E-state index >= 15 is 0 Å². The lowest BCUT2D eigenvalue weighted by molar-refractivity contribution is -0.131. The first-order valence-electron chi connectivity index (χ1n) is 8.56. The monoisotopic (exact) mass is 300 g/mol. The van der Waals surface area contributed by atoms with E-state index in [1.165, 1.54) is 43.7 Å². The fourth-order valence-corrected chi connectivity index (χ4v) is 5.20. The Morgan fingerprint density at radius 1 is 1.23 bits per heavy atom. The predicted octanol–water partition coefficient (Wildman–Crippen LogP) is 4.95. The Morgan fingerprint density at radius 2 is 1.95 bits per heavy atom. The summed E-state index contributed by atoms with van der Waals surface area (Å²) in [7, 11) is 0. The van der Waals surface area contributed by atoms with E-state index in [-0.39, 0.29) is 11.4 Å². The summed E-state index contributed by atoms with van der Waals surface area (Å²) in [6.45, 7) is 10.8. The van der Waals surface area contributed by atoms with Crippen molar-refractivity contribution in [3.63, 3.8) is 0 Å². The molecule has 0 radical (unpaired) electrons. The Hall–Kier alpha value is -1.31. The number of benzene rings is 1. The Bertz CT molecular complexity index is 614. The molecule has 1 aromatic carbocycles. The molecule has 2 aliphatic carbocycles. The molecule has 0 amide bonds. The topological polar surface area (TPSA) is 26.3 Å². The number of hydrogen-bond acceptors (Lipinski definition) is 2. The maximum atomic E-state index is 11.4. The van der Waals surface area contributed by atoms with E-state index < -0.39 is 0 Å². The second-order valence-corrected chi connectivity index (χ2v) is 8.22. The van der Waals surface area contributed by atoms with Gasteiger partial charge in [-0.15, -0.1) is 0 Å². The van der Waals surface area contributed by atoms with Crippen LogP contribution < -0.4 is 4.74 Å². The lowest BCUT2D eigenvalue weighted by Crippen LogP contribution is -2.47. The molecule has 3 rings (SSSR count). The maximum Gasteiger partial charge on any atom is 0.308 e. The maximum absolute atomic E-state index is 11.4. The van der Waals surface area contributed by atoms with Gasteiger partial charge < -0.3 is 4.74 Å². The molecule has 2 heteroatoms. The van der Waals surface area contributed by atoms with Crippen molar-refractivity contribution in [3.8, 4) is 5.75 Å². The third kappa shape index (κ3) is 2.37. The van der Waals surface area contributed by atoms with Crippen LogP contribution in [0.4, 0.5) is 0 Å². The van der Waals surface area contributed by atoms with Gasteiger partial charge in [0.1, 0.15) is 5.75 Å². The molecule has 0 aromatic heterocycles. The molecule has 22 heavy (non-hydrogen) atoms. The Kier molecular flexibility index (Phi) is 3.62. The number of aryl methyl sites for hydroxylation is 2. The van der Waals surface area contributed by atoms with Crippen LogP contribution in [0.25, 0.3) is 0 Å². The molecule has 1 aromatic rings. The van der Waals surface area contributed by atoms with Gasteiger partial charge >= 0.3 is 5.97 Å². The van der Waals surface area contributed by atoms with E-state index in [0.717, 1.165) is 17.7 Å². The molecule has 0 heterocycles. The van der Waals surface area contributed by atoms with Gasteiger partial charge in [-0.1, -0.05) is 33.3 Å². The van der Waals surface area contributed by atoms with Gasteiger partial charge in [-0.3, -0.25) is 4.79 Å². The van der Waals surface area contributed by atoms with E-state index in [4.69, 9.17) is 4.74 Å². The van der Waals surface area contributed by atoms with Crippen molar-refractivity contribution in [1.82, 2.24) is 0 Å². The lowest BCUT2D eigenvalue weighted by atomic mass is 9.50. The zero-order valence-corrected chi connectivity index (χ0v) is 14.6. The van der Waals surface area contributed by atoms with Gasteiger partial charge in [0.25, 0.3) is 0 Å². The highest BCUT2D eigenvalue weighted by Crippen LogP contribution is 2.57. The quantitative estimate of drug-likeness (QED) is 0.542. The molecule has 0 spiro atoms. The van der Waals surface area contributed by atoms with Crippen molar-refractivity contribution in [3.05, 3.63) is 28.8 Å². The summed E-state index contributed by atoms with van der Waals surface area (Å²) in [4.78, 5) is 11.4. The average molecular weight is 300 g/mol. The molecule has 1 fully saturated rings. The van der Waals surface area contributed by atoms with Crippen molar-refractivity contribution in [2.45, 2.75) is 72.1 Å². The van der Waals surface area contributed by atoms with Gasteiger partial charge in [-0.2, -0.15) is 0 Å². The van der Waals surface area contributed by atoms with Crippen LogP contribution in [0.3, 0.4) is 0 Å². The van der Waals surface area contributed by atoms with Crippen LogP contribution in [-0.4, -0.2) is 5.97 Å². The average Bonchev–Trinajstić information content (AvgIpc) is 2.39. The van der Waals surface area contributed by atoms with Crippen LogP contribution in [0.1, 0.15) is 70.1 Å². The highest BCUT2D eigenvalue weighted by Gasteiger charge is 2.49. The summed E-state index contributed by atoms with van der Waals surface area (Å²) in [6.07, 6.45) is 6.29. The van der Waals surface area contributed by atoms with Gasteiger partial charge in [0, 0.05) is 6.92 Å². The minimum absolute atomic E-state index is 0.220. The molecule has 2 aliphatic rings. The Labute approximate surface area is 134 Å². The van der Waals surface area contributed by atoms with Crippen LogP contribution in [0.15, 0.2) is 12.1 Å². The molecular weight excluding hydrogens is 272 g/mol. The molecule has 0 bridgehead atoms. The molecule has 2 nitrogen and oxygen atoms in total. The first kappa shape index (κ1) is 15.6. The van der Waals surface area contributed by atoms with Crippen molar-refractivity contribution in [1.29, 1.82) is 0 Å². The van der Waals surface area contributed by atoms with Crippen molar-refractivity contribution < 1.29 is 9.53 Å². The second-order valence-electron chi connectivity index (χ2n) is 8.22. The first-order valence-corrected chi connectivity index (χ1v) is 8.56. The van der Waals surface area contributed by atoms with Crippen molar-refractivity contribution >= 4 is 5.97 Å². The van der Waals surface area contributed by atoms with Gasteiger partial charge in [-0.05, 0) is 72.1 Å². The number of esters is 1. The molecule has 120 valence electrons. The molecule has 0 aliphatic heterocycles. The third-order valence-corrected chi connectivity index (χ3v) is 6.20. The van der Waals surface area contributed by atoms with Gasteiger partial charge in [0.05, 0.1) is 0 Å². The number of ether oxygens (including phenoxy) is 1. The molecule has 0 saturated heterocycles. The van der Waals surface area contributed by atoms with Crippen LogP contribution in [0.5, 0.6) is 5.75 Å². The normalized spacial score (nSPS) is 29.4. The number of rotatable bonds is 1. The fourth-order valence-electron chi connectivity index (χ4n) is 5.20. The van der Waals surface area contributed by atoms with Crippen molar-refractivity contribution in [2.75, 3.05) is 0 Å². The van der Waals surface area contributed by atoms with Crippen molar-refractivity contribution in [2.24, 2.45) is 11.3 Å². The molecule has 0 N–H and O–H groups in total. The van der Waals surface area contributed by atoms with E-state index in [9.17, 15) is 4.79 Å². The molecular formula is C20H28O2. The van der Waals surface area contributed by atoms with Crippen LogP contribution in [0, 0.1) is 18.3 Å². The molecule has 1 saturated carbocycles. The van der Waals surface area contributed by atoms with Crippen LogP contribution in [-0.2, 0) is 16.6 Å². The minimum Gasteiger partial charge on any atom is -0.426 e. The zero-order chi connectivity index (χ0) is 16.1. The number of carbonyl (C=O) groups excluding carboxylic acids is 1. The highest BCUT2D eigenvalue weighted by atomic mass is 16.5. The standard InChI is InChI=1S/C20H28O2/c1-13-11-15-7-8-18-19(3,4)9-6-10-20(18,5)16(15)12-17(13)22-14(2)21/h11-12,18H,6-10H2,1-5H3/t18-,20+/m0/s1. The molecule has 2 atom stereocenters. The Balaban J connectivity index is 2.10. The third-order valence-electron chi connectivity index (χ3n) is 6.20. The number of fused-ring (bicyclic) bond motifs is 3. The largest absolute Gasteiger partial charge is 0.426 e. The summed E-state index contributed by atoms with van der Waals surface area (Å²) in [5, 5.41) is 0. The zero-order valence-electron chi connectivity index (χ0n) is 14.6. The van der Waals surface area contributed by atoms with Gasteiger partial charge in [-0.25, -0.2) is 0 Å². The van der Waals surface area contributed by atoms with E-state index in [1.807, 2.05) is 6.92 Å². The van der Waals surface area contributed by atoms with Crippen LogP contribution in [0.2, 0.25) is 0 Å². The number of hydrogen-bond donors (Lipinski definition) is 0. The smallest absolute Gasteiger partial charge is 0.308 e. The van der Waals surface area contributed by atoms with Gasteiger partial charge in [0.15, 0.2) is 0 Å². The fraction of sp³-hybridized carbons (Fsp3) is 0.650. The summed E-state index contributed by atoms with van der Waals surface area (Å²) in [5.41, 5.74) is 4.59. The predicted molar refractivity (Wildman–Crippen MR) is 89.3 cm³/mol. The van der Waals surface area contributed by atoms with E-state index in [1.54, 1.807) is 0 Å². The summed E-state index contributed by atoms with van der Waals surface area (Å²) < 4.78 is 5.45. The van der Waals surface area contributed by atoms with E-state index in [2.05, 4.69) is 32.9 Å². The van der Waals surface area contributed by atoms with E-state index in [0.29, 0.717) is 11.3 Å². The summed E-state index contributed by atoms with van der Waals surface area (Å²) in [6, 6.07) is 4.41. The molecule has 0 unspecified atom stereocenters. The van der Waals surface area contributed by atoms with Gasteiger partial charge in [0.2, 0.25) is 0 Å². The second kappa shape index (κ2) is 5.11.